The van der Waals surface area contributed by atoms with Gasteiger partial charge < -0.3 is 5.32 Å². The molecule has 0 aliphatic heterocycles. The van der Waals surface area contributed by atoms with Crippen molar-refractivity contribution in [1.82, 2.24) is 0 Å². The highest BCUT2D eigenvalue weighted by molar-refractivity contribution is 8.00. The van der Waals surface area contributed by atoms with Gasteiger partial charge in [0.25, 0.3) is 15.5 Å². The summed E-state index contributed by atoms with van der Waals surface area (Å²) in [5.41, 5.74) is -2.73. The standard InChI is InChI=1S/C20H10F14N2O7S3/c21-15(22,17(25,26)27)19(31,32)44-10-3-1-2-9(6-10)35-14(37)8-45(40,41)13-5-4-11(7-12(13)36(38)39)46(42,43)20(33,34)16(23,24)18(28,29)30/h1-7H,8H2,(H,35,37). The van der Waals surface area contributed by atoms with Crippen molar-refractivity contribution in [2.45, 2.75) is 49.4 Å². The second-order valence-corrected chi connectivity index (χ2v) is 13.6. The number of nitrogens with one attached hydrogen (secondary N) is 1. The van der Waals surface area contributed by atoms with E-state index in [1.54, 1.807) is 5.32 Å². The van der Waals surface area contributed by atoms with Crippen LogP contribution >= 0.6 is 11.8 Å². The maximum Gasteiger partial charge on any atom is 0.461 e. The van der Waals surface area contributed by atoms with Gasteiger partial charge in [-0.05, 0) is 42.1 Å². The third kappa shape index (κ3) is 7.11. The lowest BCUT2D eigenvalue weighted by Crippen LogP contribution is -2.55. The fourth-order valence-electron chi connectivity index (χ4n) is 3.01. The van der Waals surface area contributed by atoms with E-state index < -0.39 is 115 Å². The van der Waals surface area contributed by atoms with E-state index in [9.17, 15) is 93.2 Å². The predicted octanol–water partition coefficient (Wildman–Crippen LogP) is 6.45. The lowest BCUT2D eigenvalue weighted by molar-refractivity contribution is -0.388. The van der Waals surface area contributed by atoms with Crippen LogP contribution in [-0.4, -0.2) is 68.1 Å². The van der Waals surface area contributed by atoms with Crippen LogP contribution in [0.15, 0.2) is 57.2 Å². The van der Waals surface area contributed by atoms with E-state index in [1.165, 1.54) is 0 Å². The normalized spacial score (nSPS) is 14.2. The third-order valence-corrected chi connectivity index (χ3v) is 9.70. The Hall–Kier alpha value is -3.42. The van der Waals surface area contributed by atoms with Crippen molar-refractivity contribution in [3.05, 3.63) is 52.6 Å². The van der Waals surface area contributed by atoms with Gasteiger partial charge in [-0.2, -0.15) is 61.5 Å². The monoisotopic (exact) mass is 752 g/mol. The number of carbonyl (C=O) groups is 1. The van der Waals surface area contributed by atoms with E-state index in [4.69, 9.17) is 0 Å². The molecule has 1 amide bonds. The molecule has 46 heavy (non-hydrogen) atoms. The van der Waals surface area contributed by atoms with Crippen molar-refractivity contribution >= 4 is 48.7 Å². The van der Waals surface area contributed by atoms with Crippen LogP contribution in [0.3, 0.4) is 0 Å². The maximum absolute atomic E-state index is 13.9. The zero-order valence-corrected chi connectivity index (χ0v) is 23.5. The number of rotatable bonds is 11. The van der Waals surface area contributed by atoms with Gasteiger partial charge in [0.2, 0.25) is 5.91 Å². The molecule has 2 rings (SSSR count). The Morgan fingerprint density at radius 3 is 1.78 bits per heavy atom. The number of nitrogens with zero attached hydrogens (tertiary/aromatic N) is 1. The second-order valence-electron chi connectivity index (χ2n) is 8.51. The summed E-state index contributed by atoms with van der Waals surface area (Å²) in [6.07, 6.45) is -13.8. The van der Waals surface area contributed by atoms with Gasteiger partial charge in [-0.3, -0.25) is 14.9 Å². The van der Waals surface area contributed by atoms with Gasteiger partial charge in [0.05, 0.1) is 9.82 Å². The number of nitro groups is 1. The molecule has 0 radical (unpaired) electrons. The highest BCUT2D eigenvalue weighted by Crippen LogP contribution is 2.54. The molecule has 2 aromatic carbocycles. The molecule has 9 nitrogen and oxygen atoms in total. The summed E-state index contributed by atoms with van der Waals surface area (Å²) >= 11 is -1.32. The summed E-state index contributed by atoms with van der Waals surface area (Å²) in [5, 5.41) is 0.231. The number of halogens is 14. The molecule has 0 atom stereocenters. The van der Waals surface area contributed by atoms with Crippen molar-refractivity contribution < 1.29 is 88.0 Å². The van der Waals surface area contributed by atoms with E-state index in [2.05, 4.69) is 0 Å². The van der Waals surface area contributed by atoms with Gasteiger partial charge in [0.15, 0.2) is 9.84 Å². The van der Waals surface area contributed by atoms with Crippen molar-refractivity contribution in [2.24, 2.45) is 0 Å². The molecule has 0 unspecified atom stereocenters. The van der Waals surface area contributed by atoms with Crippen LogP contribution in [0.1, 0.15) is 0 Å². The Labute approximate surface area is 249 Å². The van der Waals surface area contributed by atoms with Crippen molar-refractivity contribution in [3.8, 4) is 0 Å². The molecule has 26 heteroatoms. The average molecular weight is 752 g/mol. The minimum absolute atomic E-state index is 0.199. The van der Waals surface area contributed by atoms with Gasteiger partial charge in [0, 0.05) is 16.6 Å². The van der Waals surface area contributed by atoms with Gasteiger partial charge in [-0.25, -0.2) is 16.8 Å². The Morgan fingerprint density at radius 2 is 1.30 bits per heavy atom. The van der Waals surface area contributed by atoms with Crippen LogP contribution < -0.4 is 5.32 Å². The Bertz CT molecular complexity index is 1740. The van der Waals surface area contributed by atoms with E-state index in [1.807, 2.05) is 0 Å². The van der Waals surface area contributed by atoms with Gasteiger partial charge in [0.1, 0.15) is 10.6 Å². The zero-order valence-electron chi connectivity index (χ0n) is 21.1. The highest BCUT2D eigenvalue weighted by Gasteiger charge is 2.79. The smallest absolute Gasteiger partial charge is 0.325 e. The molecule has 258 valence electrons. The Kier molecular flexibility index (Phi) is 10.1. The predicted molar refractivity (Wildman–Crippen MR) is 125 cm³/mol. The number of nitro benzene ring substituents is 1. The van der Waals surface area contributed by atoms with Crippen LogP contribution in [-0.2, 0) is 24.5 Å². The molecule has 0 spiro atoms. The molecule has 0 aliphatic carbocycles. The fraction of sp³-hybridized carbons (Fsp3) is 0.350. The first-order valence-corrected chi connectivity index (χ1v) is 14.8. The molecule has 0 fully saturated rings. The maximum atomic E-state index is 13.9. The number of sulfone groups is 2. The number of thioether (sulfide) groups is 1. The van der Waals surface area contributed by atoms with E-state index in [0.29, 0.717) is 12.1 Å². The topological polar surface area (TPSA) is 141 Å². The van der Waals surface area contributed by atoms with E-state index in [0.717, 1.165) is 12.1 Å². The molecular weight excluding hydrogens is 742 g/mol. The van der Waals surface area contributed by atoms with E-state index >= 15 is 0 Å². The minimum Gasteiger partial charge on any atom is -0.325 e. The van der Waals surface area contributed by atoms with Crippen molar-refractivity contribution in [2.75, 3.05) is 11.1 Å². The summed E-state index contributed by atoms with van der Waals surface area (Å²) in [5.74, 6) is -17.4. The first kappa shape index (κ1) is 38.8. The van der Waals surface area contributed by atoms with Crippen LogP contribution in [0.5, 0.6) is 0 Å². The van der Waals surface area contributed by atoms with Crippen LogP contribution in [0.25, 0.3) is 0 Å². The number of hydrogen-bond donors (Lipinski definition) is 1. The summed E-state index contributed by atoms with van der Waals surface area (Å²) in [4.78, 5) is 16.8. The lowest BCUT2D eigenvalue weighted by Gasteiger charge is -2.27. The molecule has 0 saturated heterocycles. The second kappa shape index (κ2) is 12.0. The quantitative estimate of drug-likeness (QED) is 0.120. The summed E-state index contributed by atoms with van der Waals surface area (Å²) < 4.78 is 232. The molecule has 2 aromatic rings. The van der Waals surface area contributed by atoms with Crippen LogP contribution in [0.2, 0.25) is 0 Å². The fourth-order valence-corrected chi connectivity index (χ4v) is 6.45. The van der Waals surface area contributed by atoms with Gasteiger partial charge in [-0.15, -0.1) is 0 Å². The highest BCUT2D eigenvalue weighted by atomic mass is 32.2. The number of benzene rings is 2. The number of anilines is 1. The molecule has 0 aliphatic rings. The molecular formula is C20H10F14N2O7S3. The molecule has 0 aromatic heterocycles. The number of amides is 1. The molecule has 0 saturated carbocycles. The number of alkyl halides is 14. The first-order chi connectivity index (χ1) is 20.3. The van der Waals surface area contributed by atoms with Crippen molar-refractivity contribution in [1.29, 1.82) is 0 Å². The third-order valence-electron chi connectivity index (χ3n) is 5.24. The van der Waals surface area contributed by atoms with Crippen LogP contribution in [0.4, 0.5) is 72.8 Å². The van der Waals surface area contributed by atoms with Crippen molar-refractivity contribution in [3.63, 3.8) is 0 Å². The molecule has 0 bridgehead atoms. The largest absolute Gasteiger partial charge is 0.461 e. The van der Waals surface area contributed by atoms with Gasteiger partial charge in [-0.1, -0.05) is 6.07 Å². The summed E-state index contributed by atoms with van der Waals surface area (Å²) in [6, 6.07) is 1.29. The average Bonchev–Trinajstić information content (AvgIpc) is 2.86. The summed E-state index contributed by atoms with van der Waals surface area (Å²) in [6.45, 7) is 0. The number of hydrogen-bond acceptors (Lipinski definition) is 8. The summed E-state index contributed by atoms with van der Waals surface area (Å²) in [7, 11) is -12.5. The Morgan fingerprint density at radius 1 is 0.783 bits per heavy atom. The zero-order chi connectivity index (χ0) is 36.1. The number of carbonyl (C=O) groups excluding carboxylic acids is 1. The van der Waals surface area contributed by atoms with Gasteiger partial charge >= 0.3 is 34.7 Å². The van der Waals surface area contributed by atoms with E-state index in [-0.39, 0.29) is 12.1 Å². The minimum atomic E-state index is -7.25. The molecule has 0 heterocycles. The first-order valence-electron chi connectivity index (χ1n) is 10.8. The van der Waals surface area contributed by atoms with Crippen LogP contribution in [0, 0.1) is 10.1 Å². The lowest BCUT2D eigenvalue weighted by atomic mass is 10.3. The Balaban J connectivity index is 2.40. The molecule has 1 N–H and O–H groups in total. The SMILES string of the molecule is O=C(CS(=O)(=O)c1ccc(S(=O)(=O)C(F)(F)C(F)(F)C(F)(F)F)cc1[N+](=O)[O-])Nc1cccc(SC(F)(F)C(F)(F)C(F)(F)F)c1.